The van der Waals surface area contributed by atoms with E-state index in [2.05, 4.69) is 41.5 Å². The summed E-state index contributed by atoms with van der Waals surface area (Å²) in [6, 6.07) is 7.80. The van der Waals surface area contributed by atoms with Gasteiger partial charge in [-0.05, 0) is 60.0 Å². The molecule has 0 radical (unpaired) electrons. The fourth-order valence-corrected chi connectivity index (χ4v) is 7.67. The third kappa shape index (κ3) is 2.55. The van der Waals surface area contributed by atoms with Crippen LogP contribution in [-0.4, -0.2) is 24.0 Å². The standard InChI is InChI=1S/C28H36N2O2/c1-25(2)18-11-14-28(25,6)24(32)17(18)15-29-21-9-7-8-10-22(21)30-16-20-23(31)19-12-13-27(20,5)26(19,3)4/h7-10,15-20H,11-14H2,1-6H3. The summed E-state index contributed by atoms with van der Waals surface area (Å²) < 4.78 is 0. The van der Waals surface area contributed by atoms with Crippen LogP contribution in [0.15, 0.2) is 34.3 Å². The lowest BCUT2D eigenvalue weighted by molar-refractivity contribution is -0.129. The zero-order valence-electron chi connectivity index (χ0n) is 20.3. The minimum absolute atomic E-state index is 0.0167. The van der Waals surface area contributed by atoms with E-state index in [4.69, 9.17) is 9.98 Å². The van der Waals surface area contributed by atoms with E-state index >= 15 is 0 Å². The molecule has 5 rings (SSSR count). The highest BCUT2D eigenvalue weighted by molar-refractivity contribution is 6.03. The molecule has 4 saturated carbocycles. The first kappa shape index (κ1) is 21.7. The first-order chi connectivity index (χ1) is 14.9. The number of Topliss-reactive ketones (excluding diaryl/α,β-unsaturated/α-hetero) is 2. The Morgan fingerprint density at radius 1 is 0.844 bits per heavy atom. The normalized spacial score (nSPS) is 41.6. The van der Waals surface area contributed by atoms with Gasteiger partial charge in [0, 0.05) is 23.8 Å². The van der Waals surface area contributed by atoms with Gasteiger partial charge in [-0.3, -0.25) is 19.6 Å². The molecule has 0 amide bonds. The van der Waals surface area contributed by atoms with Gasteiger partial charge in [-0.2, -0.15) is 0 Å². The summed E-state index contributed by atoms with van der Waals surface area (Å²) in [4.78, 5) is 35.7. The molecule has 4 aliphatic rings. The first-order valence-electron chi connectivity index (χ1n) is 12.2. The maximum Gasteiger partial charge on any atom is 0.147 e. The fourth-order valence-electron chi connectivity index (χ4n) is 7.67. The minimum Gasteiger partial charge on any atom is -0.299 e. The SMILES string of the molecule is CC12CCC(C(C=Nc3ccccc3N=CC3C(=O)C4CCC3(C)C4(C)C)C1=O)C2(C)C. The molecule has 4 bridgehead atoms. The Kier molecular flexibility index (Phi) is 4.56. The number of hydrogen-bond acceptors (Lipinski definition) is 4. The molecule has 0 spiro atoms. The highest BCUT2D eigenvalue weighted by Gasteiger charge is 2.66. The smallest absolute Gasteiger partial charge is 0.147 e. The lowest BCUT2D eigenvalue weighted by Gasteiger charge is -2.36. The first-order valence-corrected chi connectivity index (χ1v) is 12.2. The van der Waals surface area contributed by atoms with Crippen molar-refractivity contribution in [2.45, 2.75) is 67.2 Å². The molecule has 6 unspecified atom stereocenters. The van der Waals surface area contributed by atoms with Crippen molar-refractivity contribution in [3.8, 4) is 0 Å². The Hall–Kier alpha value is -2.10. The molecular weight excluding hydrogens is 396 g/mol. The van der Waals surface area contributed by atoms with Crippen LogP contribution in [0.2, 0.25) is 0 Å². The number of para-hydroxylation sites is 2. The molecule has 4 heteroatoms. The molecular formula is C28H36N2O2. The number of aliphatic imine (C=N–C) groups is 2. The van der Waals surface area contributed by atoms with Gasteiger partial charge in [-0.25, -0.2) is 0 Å². The van der Waals surface area contributed by atoms with E-state index in [0.29, 0.717) is 17.5 Å². The molecule has 0 aliphatic heterocycles. The summed E-state index contributed by atoms with van der Waals surface area (Å²) in [5.74, 6) is 0.926. The predicted octanol–water partition coefficient (Wildman–Crippen LogP) is 6.37. The van der Waals surface area contributed by atoms with Crippen LogP contribution in [0.4, 0.5) is 11.4 Å². The van der Waals surface area contributed by atoms with Crippen LogP contribution in [0.25, 0.3) is 0 Å². The summed E-state index contributed by atoms with van der Waals surface area (Å²) in [6.45, 7) is 13.3. The summed E-state index contributed by atoms with van der Waals surface area (Å²) in [7, 11) is 0. The lowest BCUT2D eigenvalue weighted by Crippen LogP contribution is -2.34. The number of ketones is 2. The average Bonchev–Trinajstić information content (AvgIpc) is 3.22. The summed E-state index contributed by atoms with van der Waals surface area (Å²) >= 11 is 0. The van der Waals surface area contributed by atoms with Crippen LogP contribution in [0.3, 0.4) is 0 Å². The number of hydrogen-bond donors (Lipinski definition) is 0. The number of benzene rings is 1. The molecule has 0 heterocycles. The molecule has 170 valence electrons. The number of fused-ring (bicyclic) bond motifs is 4. The number of rotatable bonds is 4. The zero-order chi connectivity index (χ0) is 23.1. The predicted molar refractivity (Wildman–Crippen MR) is 129 cm³/mol. The third-order valence-electron chi connectivity index (χ3n) is 10.8. The number of nitrogens with zero attached hydrogens (tertiary/aromatic N) is 2. The molecule has 32 heavy (non-hydrogen) atoms. The van der Waals surface area contributed by atoms with Crippen molar-refractivity contribution in [1.82, 2.24) is 0 Å². The molecule has 4 nitrogen and oxygen atoms in total. The largest absolute Gasteiger partial charge is 0.299 e. The third-order valence-corrected chi connectivity index (χ3v) is 10.8. The molecule has 6 atom stereocenters. The van der Waals surface area contributed by atoms with Crippen LogP contribution in [0, 0.1) is 45.3 Å². The van der Waals surface area contributed by atoms with Gasteiger partial charge < -0.3 is 0 Å². The number of carbonyl (C=O) groups is 2. The van der Waals surface area contributed by atoms with Gasteiger partial charge in [0.15, 0.2) is 0 Å². The van der Waals surface area contributed by atoms with E-state index in [1.807, 2.05) is 36.7 Å². The molecule has 0 N–H and O–H groups in total. The van der Waals surface area contributed by atoms with Gasteiger partial charge in [0.1, 0.15) is 11.6 Å². The van der Waals surface area contributed by atoms with E-state index in [0.717, 1.165) is 37.1 Å². The van der Waals surface area contributed by atoms with Gasteiger partial charge in [-0.1, -0.05) is 53.7 Å². The van der Waals surface area contributed by atoms with Crippen LogP contribution in [-0.2, 0) is 9.59 Å². The van der Waals surface area contributed by atoms with Crippen molar-refractivity contribution < 1.29 is 9.59 Å². The van der Waals surface area contributed by atoms with Gasteiger partial charge in [0.25, 0.3) is 0 Å². The molecule has 0 aromatic heterocycles. The molecule has 4 fully saturated rings. The second-order valence-corrected chi connectivity index (χ2v) is 12.2. The average molecular weight is 433 g/mol. The van der Waals surface area contributed by atoms with Crippen molar-refractivity contribution in [2.24, 2.45) is 55.3 Å². The highest BCUT2D eigenvalue weighted by Crippen LogP contribution is 2.66. The monoisotopic (exact) mass is 432 g/mol. The van der Waals surface area contributed by atoms with Gasteiger partial charge >= 0.3 is 0 Å². The van der Waals surface area contributed by atoms with Crippen LogP contribution < -0.4 is 0 Å². The maximum absolute atomic E-state index is 13.2. The van der Waals surface area contributed by atoms with Crippen molar-refractivity contribution in [3.05, 3.63) is 24.3 Å². The summed E-state index contributed by atoms with van der Waals surface area (Å²) in [6.07, 6.45) is 7.91. The topological polar surface area (TPSA) is 58.9 Å². The van der Waals surface area contributed by atoms with Crippen molar-refractivity contribution in [3.63, 3.8) is 0 Å². The zero-order valence-corrected chi connectivity index (χ0v) is 20.3. The van der Waals surface area contributed by atoms with Crippen LogP contribution >= 0.6 is 0 Å². The van der Waals surface area contributed by atoms with Gasteiger partial charge in [0.2, 0.25) is 0 Å². The Bertz CT molecular complexity index is 1050. The van der Waals surface area contributed by atoms with Crippen molar-refractivity contribution in [1.29, 1.82) is 0 Å². The second kappa shape index (κ2) is 6.71. The van der Waals surface area contributed by atoms with E-state index in [1.54, 1.807) is 0 Å². The Labute approximate surface area is 192 Å². The van der Waals surface area contributed by atoms with Crippen molar-refractivity contribution in [2.75, 3.05) is 0 Å². The van der Waals surface area contributed by atoms with Crippen LogP contribution in [0.1, 0.15) is 67.2 Å². The molecule has 4 aliphatic carbocycles. The quantitative estimate of drug-likeness (QED) is 0.519. The van der Waals surface area contributed by atoms with Crippen LogP contribution in [0.5, 0.6) is 0 Å². The number of carbonyl (C=O) groups excluding carboxylic acids is 2. The Morgan fingerprint density at radius 2 is 1.47 bits per heavy atom. The minimum atomic E-state index is -0.240. The summed E-state index contributed by atoms with van der Waals surface area (Å²) in [5, 5.41) is 0. The molecule has 0 saturated heterocycles. The fraction of sp³-hybridized carbons (Fsp3) is 0.643. The Morgan fingerprint density at radius 3 is 2.00 bits per heavy atom. The van der Waals surface area contributed by atoms with Crippen molar-refractivity contribution >= 4 is 35.4 Å². The highest BCUT2D eigenvalue weighted by atomic mass is 16.1. The lowest BCUT2D eigenvalue weighted by atomic mass is 9.67. The molecule has 1 aromatic carbocycles. The van der Waals surface area contributed by atoms with Gasteiger partial charge in [0.05, 0.1) is 23.2 Å². The Balaban J connectivity index is 1.41. The maximum atomic E-state index is 13.2. The van der Waals surface area contributed by atoms with E-state index in [-0.39, 0.29) is 39.4 Å². The molecule has 1 aromatic rings. The second-order valence-electron chi connectivity index (χ2n) is 12.2. The van der Waals surface area contributed by atoms with E-state index < -0.39 is 0 Å². The van der Waals surface area contributed by atoms with E-state index in [9.17, 15) is 9.59 Å². The van der Waals surface area contributed by atoms with E-state index in [1.165, 1.54) is 0 Å². The van der Waals surface area contributed by atoms with Gasteiger partial charge in [-0.15, -0.1) is 0 Å². The summed E-state index contributed by atoms with van der Waals surface area (Å²) in [5.41, 5.74) is 1.29.